The van der Waals surface area contributed by atoms with E-state index in [-0.39, 0.29) is 0 Å². The minimum Gasteiger partial charge on any atom is -0.375 e. The molecule has 0 saturated carbocycles. The second-order valence-corrected chi connectivity index (χ2v) is 7.36. The molecule has 1 saturated heterocycles. The highest BCUT2D eigenvalue weighted by Crippen LogP contribution is 2.11. The maximum Gasteiger partial charge on any atom is 0.185 e. The molecular formula is C13H21BN2O3S. The summed E-state index contributed by atoms with van der Waals surface area (Å²) in [5, 5.41) is 3.42. The zero-order valence-corrected chi connectivity index (χ0v) is 12.8. The SMILES string of the molecule is BN1CCN[C@H](COCc2ccc(S(C)(=O)=O)cc2)C1. The molecule has 0 aliphatic carbocycles. The van der Waals surface area contributed by atoms with Crippen LogP contribution in [0.3, 0.4) is 0 Å². The average Bonchev–Trinajstić information content (AvgIpc) is 2.38. The Kier molecular flexibility index (Phi) is 5.20. The number of hydrogen-bond acceptors (Lipinski definition) is 5. The Morgan fingerprint density at radius 3 is 2.70 bits per heavy atom. The molecule has 1 atom stereocenters. The van der Waals surface area contributed by atoms with Crippen LogP contribution in [0.15, 0.2) is 29.2 Å². The maximum absolute atomic E-state index is 11.4. The van der Waals surface area contributed by atoms with Crippen molar-refractivity contribution in [3.05, 3.63) is 29.8 Å². The topological polar surface area (TPSA) is 58.6 Å². The van der Waals surface area contributed by atoms with Gasteiger partial charge in [-0.1, -0.05) is 12.1 Å². The molecule has 1 fully saturated rings. The number of nitrogens with zero attached hydrogens (tertiary/aromatic N) is 1. The van der Waals surface area contributed by atoms with Crippen molar-refractivity contribution in [2.75, 3.05) is 32.5 Å². The summed E-state index contributed by atoms with van der Waals surface area (Å²) in [5.74, 6) is 0. The first-order valence-corrected chi connectivity index (χ1v) is 8.63. The van der Waals surface area contributed by atoms with E-state index in [9.17, 15) is 8.42 Å². The van der Waals surface area contributed by atoms with Crippen LogP contribution in [-0.4, -0.2) is 59.7 Å². The van der Waals surface area contributed by atoms with Crippen LogP contribution in [0.5, 0.6) is 0 Å². The van der Waals surface area contributed by atoms with Gasteiger partial charge >= 0.3 is 0 Å². The number of nitrogens with one attached hydrogen (secondary N) is 1. The fraction of sp³-hybridized carbons (Fsp3) is 0.538. The standard InChI is InChI=1S/C13H21BN2O3S/c1-20(17,18)13-4-2-11(3-5-13)9-19-10-12-8-16(14)7-6-15-12/h2-5,12,15H,6-10,14H2,1H3/t12-/m0/s1. The molecule has 2 rings (SSSR count). The van der Waals surface area contributed by atoms with E-state index in [0.717, 1.165) is 25.2 Å². The monoisotopic (exact) mass is 296 g/mol. The molecule has 0 amide bonds. The smallest absolute Gasteiger partial charge is 0.185 e. The number of ether oxygens (including phenoxy) is 1. The predicted octanol–water partition coefficient (Wildman–Crippen LogP) is -0.571. The van der Waals surface area contributed by atoms with Gasteiger partial charge in [0.2, 0.25) is 0 Å². The normalized spacial score (nSPS) is 20.9. The highest BCUT2D eigenvalue weighted by Gasteiger charge is 2.15. The number of rotatable bonds is 5. The Hall–Kier alpha value is -0.885. The van der Waals surface area contributed by atoms with Gasteiger partial charge in [-0.25, -0.2) is 8.42 Å². The summed E-state index contributed by atoms with van der Waals surface area (Å²) in [6.45, 7) is 4.23. The molecule has 20 heavy (non-hydrogen) atoms. The zero-order chi connectivity index (χ0) is 14.6. The highest BCUT2D eigenvalue weighted by molar-refractivity contribution is 7.90. The van der Waals surface area contributed by atoms with E-state index in [1.54, 1.807) is 24.3 Å². The van der Waals surface area contributed by atoms with Crippen LogP contribution >= 0.6 is 0 Å². The van der Waals surface area contributed by atoms with Gasteiger partial charge in [0, 0.05) is 25.4 Å². The lowest BCUT2D eigenvalue weighted by Gasteiger charge is -2.31. The molecular weight excluding hydrogens is 275 g/mol. The molecule has 0 spiro atoms. The third kappa shape index (κ3) is 4.59. The molecule has 0 bridgehead atoms. The van der Waals surface area contributed by atoms with E-state index in [1.165, 1.54) is 6.26 Å². The summed E-state index contributed by atoms with van der Waals surface area (Å²) >= 11 is 0. The van der Waals surface area contributed by atoms with Gasteiger partial charge in [0.15, 0.2) is 17.8 Å². The maximum atomic E-state index is 11.4. The van der Waals surface area contributed by atoms with E-state index in [2.05, 4.69) is 18.1 Å². The van der Waals surface area contributed by atoms with Crippen LogP contribution in [-0.2, 0) is 21.2 Å². The van der Waals surface area contributed by atoms with Crippen LogP contribution in [0.4, 0.5) is 0 Å². The molecule has 0 radical (unpaired) electrons. The van der Waals surface area contributed by atoms with Crippen LogP contribution in [0.2, 0.25) is 0 Å². The van der Waals surface area contributed by atoms with Crippen molar-refractivity contribution < 1.29 is 13.2 Å². The number of hydrogen-bond donors (Lipinski definition) is 1. The molecule has 7 heteroatoms. The van der Waals surface area contributed by atoms with Crippen LogP contribution in [0, 0.1) is 0 Å². The van der Waals surface area contributed by atoms with Crippen molar-refractivity contribution in [3.8, 4) is 0 Å². The van der Waals surface area contributed by atoms with E-state index in [0.29, 0.717) is 24.2 Å². The quantitative estimate of drug-likeness (QED) is 0.737. The Labute approximate surface area is 121 Å². The molecule has 1 heterocycles. The third-order valence-electron chi connectivity index (χ3n) is 3.40. The zero-order valence-electron chi connectivity index (χ0n) is 12.0. The summed E-state index contributed by atoms with van der Waals surface area (Å²) in [7, 11) is -1.01. The molecule has 1 aromatic carbocycles. The van der Waals surface area contributed by atoms with Gasteiger partial charge in [-0.05, 0) is 24.2 Å². The fourth-order valence-electron chi connectivity index (χ4n) is 2.26. The van der Waals surface area contributed by atoms with Crippen molar-refractivity contribution in [1.82, 2.24) is 10.1 Å². The molecule has 1 aromatic rings. The molecule has 1 aliphatic heterocycles. The number of piperazine rings is 1. The minimum absolute atomic E-state index is 0.344. The summed E-state index contributed by atoms with van der Waals surface area (Å²) in [6, 6.07) is 7.22. The van der Waals surface area contributed by atoms with Crippen LogP contribution < -0.4 is 5.32 Å². The molecule has 110 valence electrons. The fourth-order valence-corrected chi connectivity index (χ4v) is 2.89. The third-order valence-corrected chi connectivity index (χ3v) is 4.53. The van der Waals surface area contributed by atoms with E-state index >= 15 is 0 Å². The van der Waals surface area contributed by atoms with Gasteiger partial charge in [-0.15, -0.1) is 0 Å². The second-order valence-electron chi connectivity index (χ2n) is 5.34. The van der Waals surface area contributed by atoms with E-state index in [1.807, 2.05) is 0 Å². The van der Waals surface area contributed by atoms with E-state index < -0.39 is 9.84 Å². The van der Waals surface area contributed by atoms with Gasteiger partial charge in [0.05, 0.1) is 18.1 Å². The summed E-state index contributed by atoms with van der Waals surface area (Å²) in [4.78, 5) is 2.63. The van der Waals surface area contributed by atoms with Crippen LogP contribution in [0.25, 0.3) is 0 Å². The van der Waals surface area contributed by atoms with Gasteiger partial charge < -0.3 is 14.9 Å². The lowest BCUT2D eigenvalue weighted by atomic mass is 10.1. The van der Waals surface area contributed by atoms with Gasteiger partial charge in [-0.2, -0.15) is 0 Å². The summed E-state index contributed by atoms with van der Waals surface area (Å²) in [5.41, 5.74) is 0.988. The Morgan fingerprint density at radius 2 is 2.10 bits per heavy atom. The molecule has 1 aliphatic rings. The largest absolute Gasteiger partial charge is 0.375 e. The van der Waals surface area contributed by atoms with Crippen molar-refractivity contribution in [3.63, 3.8) is 0 Å². The van der Waals surface area contributed by atoms with E-state index in [4.69, 9.17) is 4.74 Å². The number of benzene rings is 1. The second kappa shape index (κ2) is 6.71. The van der Waals surface area contributed by atoms with Crippen LogP contribution in [0.1, 0.15) is 5.56 Å². The number of sulfone groups is 1. The highest BCUT2D eigenvalue weighted by atomic mass is 32.2. The minimum atomic E-state index is -3.12. The van der Waals surface area contributed by atoms with Crippen molar-refractivity contribution >= 4 is 17.8 Å². The molecule has 0 unspecified atom stereocenters. The van der Waals surface area contributed by atoms with Gasteiger partial charge in [0.25, 0.3) is 0 Å². The first kappa shape index (κ1) is 15.5. The lowest BCUT2D eigenvalue weighted by Crippen LogP contribution is -2.51. The summed E-state index contributed by atoms with van der Waals surface area (Å²) in [6.07, 6.45) is 1.21. The Bertz CT molecular complexity index is 533. The Morgan fingerprint density at radius 1 is 1.40 bits per heavy atom. The van der Waals surface area contributed by atoms with Crippen molar-refractivity contribution in [2.24, 2.45) is 0 Å². The first-order valence-electron chi connectivity index (χ1n) is 6.74. The molecule has 1 N–H and O–H groups in total. The van der Waals surface area contributed by atoms with Gasteiger partial charge in [-0.3, -0.25) is 0 Å². The van der Waals surface area contributed by atoms with Crippen molar-refractivity contribution in [2.45, 2.75) is 17.5 Å². The molecule has 5 nitrogen and oxygen atoms in total. The van der Waals surface area contributed by atoms with Crippen molar-refractivity contribution in [1.29, 1.82) is 0 Å². The predicted molar refractivity (Wildman–Crippen MR) is 81.1 cm³/mol. The molecule has 0 aromatic heterocycles. The Balaban J connectivity index is 1.79. The summed E-state index contributed by atoms with van der Waals surface area (Å²) < 4.78 is 28.4. The first-order chi connectivity index (χ1) is 9.45. The average molecular weight is 296 g/mol. The van der Waals surface area contributed by atoms with Gasteiger partial charge in [0.1, 0.15) is 0 Å². The lowest BCUT2D eigenvalue weighted by molar-refractivity contribution is 0.0857.